The minimum absolute atomic E-state index is 0.309. The average Bonchev–Trinajstić information content (AvgIpc) is 2.65. The number of anilines is 2. The van der Waals surface area contributed by atoms with Crippen molar-refractivity contribution >= 4 is 23.1 Å². The molecule has 1 heterocycles. The molecule has 3 aromatic carbocycles. The van der Waals surface area contributed by atoms with Crippen LogP contribution in [0.5, 0.6) is 5.75 Å². The highest BCUT2D eigenvalue weighted by Gasteiger charge is 2.18. The first-order valence-corrected chi connectivity index (χ1v) is 9.30. The summed E-state index contributed by atoms with van der Waals surface area (Å²) in [6.45, 7) is 4.32. The fourth-order valence-electron chi connectivity index (χ4n) is 3.22. The third-order valence-electron chi connectivity index (χ3n) is 4.81. The maximum Gasteiger partial charge on any atom is 0.122 e. The molecule has 0 aliphatic carbocycles. The third-order valence-corrected chi connectivity index (χ3v) is 5.96. The Morgan fingerprint density at radius 2 is 1.60 bits per heavy atom. The summed E-state index contributed by atoms with van der Waals surface area (Å²) in [6, 6.07) is 21.6. The number of ether oxygens (including phenoxy) is 1. The molecule has 2 nitrogen and oxygen atoms in total. The van der Waals surface area contributed by atoms with Gasteiger partial charge in [0.25, 0.3) is 0 Å². The molecule has 1 aliphatic heterocycles. The van der Waals surface area contributed by atoms with Crippen molar-refractivity contribution in [3.8, 4) is 5.75 Å². The Bertz CT molecular complexity index is 935. The van der Waals surface area contributed by atoms with Crippen LogP contribution >= 0.6 is 11.8 Å². The van der Waals surface area contributed by atoms with Crippen molar-refractivity contribution in [2.75, 3.05) is 12.4 Å². The van der Waals surface area contributed by atoms with Gasteiger partial charge in [-0.25, -0.2) is 0 Å². The number of hydrogen-bond acceptors (Lipinski definition) is 3. The van der Waals surface area contributed by atoms with Crippen LogP contribution < -0.4 is 10.1 Å². The summed E-state index contributed by atoms with van der Waals surface area (Å²) in [5, 5.41) is 3.57. The second-order valence-electron chi connectivity index (χ2n) is 6.43. The molecule has 25 heavy (non-hydrogen) atoms. The summed E-state index contributed by atoms with van der Waals surface area (Å²) < 4.78 is 5.49. The van der Waals surface area contributed by atoms with E-state index >= 15 is 0 Å². The number of methoxy groups -OCH3 is 1. The maximum atomic E-state index is 5.49. The first kappa shape index (κ1) is 16.1. The number of benzene rings is 3. The lowest BCUT2D eigenvalue weighted by atomic mass is 9.92. The predicted octanol–water partition coefficient (Wildman–Crippen LogP) is 6.36. The standard InChI is InChI=1S/C22H21NOS/c1-14-8-9-17(13-20(14)24-3)15(2)16-10-11-22-19(12-16)23-18-6-4-5-7-21(18)25-22/h4-13,15,23H,1-3H3. The highest BCUT2D eigenvalue weighted by Crippen LogP contribution is 2.45. The second-order valence-corrected chi connectivity index (χ2v) is 7.51. The molecule has 126 valence electrons. The van der Waals surface area contributed by atoms with Crippen LogP contribution in [0.15, 0.2) is 70.5 Å². The van der Waals surface area contributed by atoms with Crippen LogP contribution in [0.25, 0.3) is 0 Å². The molecule has 4 rings (SSSR count). The Morgan fingerprint density at radius 1 is 0.880 bits per heavy atom. The van der Waals surface area contributed by atoms with E-state index in [0.29, 0.717) is 5.92 Å². The SMILES string of the molecule is COc1cc(C(C)c2ccc3c(c2)Nc2ccccc2S3)ccc1C. The van der Waals surface area contributed by atoms with Crippen LogP contribution in [-0.4, -0.2) is 7.11 Å². The van der Waals surface area contributed by atoms with E-state index in [2.05, 4.69) is 79.8 Å². The molecule has 0 saturated carbocycles. The van der Waals surface area contributed by atoms with Crippen molar-refractivity contribution in [3.63, 3.8) is 0 Å². The molecular formula is C22H21NOS. The molecule has 3 aromatic rings. The quantitative estimate of drug-likeness (QED) is 0.466. The number of hydrogen-bond donors (Lipinski definition) is 1. The molecule has 0 saturated heterocycles. The zero-order valence-electron chi connectivity index (χ0n) is 14.7. The first-order valence-electron chi connectivity index (χ1n) is 8.48. The Labute approximate surface area is 153 Å². The molecule has 0 fully saturated rings. The van der Waals surface area contributed by atoms with Crippen molar-refractivity contribution in [3.05, 3.63) is 77.4 Å². The van der Waals surface area contributed by atoms with Crippen LogP contribution in [0, 0.1) is 6.92 Å². The molecule has 1 aliphatic rings. The molecule has 3 heteroatoms. The van der Waals surface area contributed by atoms with Gasteiger partial charge in [-0.3, -0.25) is 0 Å². The summed E-state index contributed by atoms with van der Waals surface area (Å²) in [7, 11) is 1.73. The lowest BCUT2D eigenvalue weighted by molar-refractivity contribution is 0.411. The van der Waals surface area contributed by atoms with Gasteiger partial charge in [-0.05, 0) is 53.9 Å². The zero-order chi connectivity index (χ0) is 17.4. The third kappa shape index (κ3) is 3.00. The number of aryl methyl sites for hydroxylation is 1. The number of fused-ring (bicyclic) bond motifs is 2. The normalized spacial score (nSPS) is 13.4. The van der Waals surface area contributed by atoms with E-state index in [1.165, 1.54) is 37.9 Å². The maximum absolute atomic E-state index is 5.49. The van der Waals surface area contributed by atoms with E-state index in [-0.39, 0.29) is 0 Å². The van der Waals surface area contributed by atoms with E-state index in [1.54, 1.807) is 7.11 Å². The van der Waals surface area contributed by atoms with Gasteiger partial charge < -0.3 is 10.1 Å². The lowest BCUT2D eigenvalue weighted by Gasteiger charge is -2.23. The summed E-state index contributed by atoms with van der Waals surface area (Å²) in [5.41, 5.74) is 6.11. The van der Waals surface area contributed by atoms with Crippen molar-refractivity contribution in [1.29, 1.82) is 0 Å². The monoisotopic (exact) mass is 347 g/mol. The Balaban J connectivity index is 1.66. The average molecular weight is 347 g/mol. The van der Waals surface area contributed by atoms with Crippen molar-refractivity contribution < 1.29 is 4.74 Å². The van der Waals surface area contributed by atoms with E-state index in [0.717, 1.165) is 5.75 Å². The Kier molecular flexibility index (Phi) is 4.18. The minimum Gasteiger partial charge on any atom is -0.496 e. The van der Waals surface area contributed by atoms with Gasteiger partial charge >= 0.3 is 0 Å². The summed E-state index contributed by atoms with van der Waals surface area (Å²) in [4.78, 5) is 2.55. The van der Waals surface area contributed by atoms with Gasteiger partial charge in [0.2, 0.25) is 0 Å². The van der Waals surface area contributed by atoms with Crippen LogP contribution in [-0.2, 0) is 0 Å². The van der Waals surface area contributed by atoms with Gasteiger partial charge in [-0.1, -0.05) is 49.0 Å². The van der Waals surface area contributed by atoms with E-state index in [1.807, 2.05) is 11.8 Å². The highest BCUT2D eigenvalue weighted by molar-refractivity contribution is 7.99. The lowest BCUT2D eigenvalue weighted by Crippen LogP contribution is -2.03. The smallest absolute Gasteiger partial charge is 0.122 e. The number of nitrogens with one attached hydrogen (secondary N) is 1. The fourth-order valence-corrected chi connectivity index (χ4v) is 4.19. The largest absolute Gasteiger partial charge is 0.496 e. The fraction of sp³-hybridized carbons (Fsp3) is 0.182. The summed E-state index contributed by atoms with van der Waals surface area (Å²) in [5.74, 6) is 1.26. The van der Waals surface area contributed by atoms with E-state index < -0.39 is 0 Å². The van der Waals surface area contributed by atoms with Crippen molar-refractivity contribution in [2.24, 2.45) is 0 Å². The van der Waals surface area contributed by atoms with Crippen molar-refractivity contribution in [2.45, 2.75) is 29.6 Å². The first-order chi connectivity index (χ1) is 12.2. The summed E-state index contributed by atoms with van der Waals surface area (Å²) >= 11 is 1.82. The molecule has 0 spiro atoms. The molecule has 1 N–H and O–H groups in total. The van der Waals surface area contributed by atoms with Crippen LogP contribution in [0.2, 0.25) is 0 Å². The molecule has 0 aromatic heterocycles. The Morgan fingerprint density at radius 3 is 2.44 bits per heavy atom. The molecule has 1 unspecified atom stereocenters. The zero-order valence-corrected chi connectivity index (χ0v) is 15.5. The molecular weight excluding hydrogens is 326 g/mol. The van der Waals surface area contributed by atoms with E-state index in [9.17, 15) is 0 Å². The van der Waals surface area contributed by atoms with Gasteiger partial charge in [0.05, 0.1) is 18.5 Å². The predicted molar refractivity (Wildman–Crippen MR) is 106 cm³/mol. The van der Waals surface area contributed by atoms with Crippen LogP contribution in [0.1, 0.15) is 29.5 Å². The second kappa shape index (κ2) is 6.49. The van der Waals surface area contributed by atoms with Gasteiger partial charge in [0, 0.05) is 15.7 Å². The molecule has 0 radical (unpaired) electrons. The molecule has 0 amide bonds. The Hall–Kier alpha value is -2.39. The van der Waals surface area contributed by atoms with Crippen molar-refractivity contribution in [1.82, 2.24) is 0 Å². The topological polar surface area (TPSA) is 21.3 Å². The highest BCUT2D eigenvalue weighted by atomic mass is 32.2. The minimum atomic E-state index is 0.309. The number of para-hydroxylation sites is 1. The van der Waals surface area contributed by atoms with Gasteiger partial charge in [-0.2, -0.15) is 0 Å². The number of rotatable bonds is 3. The molecule has 1 atom stereocenters. The summed E-state index contributed by atoms with van der Waals surface area (Å²) in [6.07, 6.45) is 0. The van der Waals surface area contributed by atoms with Crippen LogP contribution in [0.4, 0.5) is 11.4 Å². The van der Waals surface area contributed by atoms with Gasteiger partial charge in [0.15, 0.2) is 0 Å². The van der Waals surface area contributed by atoms with Gasteiger partial charge in [-0.15, -0.1) is 0 Å². The van der Waals surface area contributed by atoms with E-state index in [4.69, 9.17) is 4.74 Å². The van der Waals surface area contributed by atoms with Gasteiger partial charge in [0.1, 0.15) is 5.75 Å². The molecule has 0 bridgehead atoms. The van der Waals surface area contributed by atoms with Crippen LogP contribution in [0.3, 0.4) is 0 Å².